The van der Waals surface area contributed by atoms with Crippen LogP contribution >= 0.6 is 0 Å². The standard InChI is InChI=1S/2C46H28N4.C45H29N5/c1-2-12-30-25-33(22-21-29(30)11-1)45-37-17-5-8-18-40(37)47-46(48-45)50-43-24-23-34(28-39(43)38-26-31-13-3-4-14-32(31)27-44(38)50)49-41-19-9-6-15-35(41)36-16-7-10-20-42(36)49;1-2-14-32(15-3-1)49-39-21-11-8-18-35(39)36-25-22-31(28-42(36)49)45-46(48-38-20-10-9-19-37(38)47-45)50-40-26-23-29-12-4-6-16-33(29)43(40)44-34-17-7-5-13-30(34)24-27-41(44)50;1-4-15-30(16-5-1)32-19-14-20-33(27-32)44-46-43(31-17-6-2-7-18-31)47-45(48-44)50-40-26-13-11-24-36(40)38-28-37-35-23-10-12-25-39(35)49(41(37)29-42(38)50)34-21-8-3-9-22-34/h2*1-28H;1-29H. The molecule has 0 saturated heterocycles. The van der Waals surface area contributed by atoms with Crippen LogP contribution in [0.2, 0.25) is 0 Å². The summed E-state index contributed by atoms with van der Waals surface area (Å²) >= 11 is 0. The molecule has 0 amide bonds. The van der Waals surface area contributed by atoms with E-state index in [1.807, 2.05) is 36.4 Å². The molecule has 0 aliphatic carbocycles. The van der Waals surface area contributed by atoms with Gasteiger partial charge in [-0.15, -0.1) is 0 Å². The second-order valence-electron chi connectivity index (χ2n) is 38.6. The van der Waals surface area contributed by atoms with Crippen LogP contribution in [0.3, 0.4) is 0 Å². The van der Waals surface area contributed by atoms with Crippen LogP contribution in [0.5, 0.6) is 0 Å². The highest BCUT2D eigenvalue weighted by atomic mass is 15.2. The summed E-state index contributed by atoms with van der Waals surface area (Å²) in [7, 11) is 0. The molecule has 698 valence electrons. The maximum Gasteiger partial charge on any atom is 0.238 e. The van der Waals surface area contributed by atoms with Crippen LogP contribution in [0.15, 0.2) is 516 Å². The van der Waals surface area contributed by atoms with Crippen molar-refractivity contribution in [3.05, 3.63) is 516 Å². The van der Waals surface area contributed by atoms with Crippen molar-refractivity contribution < 1.29 is 0 Å². The van der Waals surface area contributed by atoms with Crippen molar-refractivity contribution in [3.63, 3.8) is 0 Å². The number of fused-ring (bicyclic) bond motifs is 26. The molecule has 0 unspecified atom stereocenters. The van der Waals surface area contributed by atoms with E-state index in [4.69, 9.17) is 34.9 Å². The first kappa shape index (κ1) is 85.2. The van der Waals surface area contributed by atoms with Crippen molar-refractivity contribution in [3.8, 4) is 91.2 Å². The molecule has 0 N–H and O–H groups in total. The molecule has 0 bridgehead atoms. The maximum absolute atomic E-state index is 5.45. The number of hydrogen-bond donors (Lipinski definition) is 0. The smallest absolute Gasteiger partial charge is 0.238 e. The normalized spacial score (nSPS) is 11.9. The van der Waals surface area contributed by atoms with E-state index in [2.05, 4.69) is 507 Å². The number of hydrogen-bond acceptors (Lipinski definition) is 7. The third kappa shape index (κ3) is 13.9. The van der Waals surface area contributed by atoms with E-state index in [0.717, 1.165) is 150 Å². The molecule has 23 aromatic carbocycles. The second kappa shape index (κ2) is 34.7. The van der Waals surface area contributed by atoms with Gasteiger partial charge >= 0.3 is 0 Å². The maximum atomic E-state index is 5.45. The molecule has 9 heterocycles. The van der Waals surface area contributed by atoms with Crippen molar-refractivity contribution in [1.82, 2.24) is 62.3 Å². The van der Waals surface area contributed by atoms with Crippen molar-refractivity contribution in [2.45, 2.75) is 0 Å². The quantitative estimate of drug-likeness (QED) is 0.126. The summed E-state index contributed by atoms with van der Waals surface area (Å²) in [6.45, 7) is 0. The van der Waals surface area contributed by atoms with E-state index >= 15 is 0 Å². The van der Waals surface area contributed by atoms with Gasteiger partial charge in [-0.1, -0.05) is 370 Å². The largest absolute Gasteiger partial charge is 0.309 e. The van der Waals surface area contributed by atoms with Crippen molar-refractivity contribution in [1.29, 1.82) is 0 Å². The Morgan fingerprint density at radius 3 is 1.09 bits per heavy atom. The third-order valence-electron chi connectivity index (χ3n) is 30.1. The molecule has 0 radical (unpaired) electrons. The summed E-state index contributed by atoms with van der Waals surface area (Å²) in [5.74, 6) is 3.30. The summed E-state index contributed by atoms with van der Waals surface area (Å²) in [4.78, 5) is 37.0. The first-order valence-corrected chi connectivity index (χ1v) is 50.8. The van der Waals surface area contributed by atoms with Crippen LogP contribution < -0.4 is 0 Å². The minimum atomic E-state index is 0.576. The number of para-hydroxylation sites is 10. The average Bonchev–Trinajstić information content (AvgIpc) is 1.55. The zero-order chi connectivity index (χ0) is 98.5. The lowest BCUT2D eigenvalue weighted by Gasteiger charge is -2.15. The predicted octanol–water partition coefficient (Wildman–Crippen LogP) is 34.7. The van der Waals surface area contributed by atoms with E-state index in [1.54, 1.807) is 0 Å². The van der Waals surface area contributed by atoms with Crippen molar-refractivity contribution >= 4 is 196 Å². The lowest BCUT2D eigenvalue weighted by atomic mass is 10.00. The van der Waals surface area contributed by atoms with Gasteiger partial charge in [0.05, 0.1) is 88.4 Å². The van der Waals surface area contributed by atoms with Crippen LogP contribution in [0.1, 0.15) is 0 Å². The Hall–Kier alpha value is -20.4. The van der Waals surface area contributed by atoms with Crippen molar-refractivity contribution in [2.75, 3.05) is 0 Å². The van der Waals surface area contributed by atoms with Gasteiger partial charge in [-0.3, -0.25) is 13.7 Å². The summed E-state index contributed by atoms with van der Waals surface area (Å²) in [5, 5.41) is 25.2. The minimum absolute atomic E-state index is 0.576. The van der Waals surface area contributed by atoms with Crippen LogP contribution in [0.4, 0.5) is 0 Å². The van der Waals surface area contributed by atoms with Crippen molar-refractivity contribution in [2.24, 2.45) is 0 Å². The third-order valence-corrected chi connectivity index (χ3v) is 30.1. The minimum Gasteiger partial charge on any atom is -0.309 e. The van der Waals surface area contributed by atoms with Gasteiger partial charge < -0.3 is 13.7 Å². The summed E-state index contributed by atoms with van der Waals surface area (Å²) in [6, 6.07) is 183. The highest BCUT2D eigenvalue weighted by Gasteiger charge is 2.28. The Morgan fingerprint density at radius 2 is 0.507 bits per heavy atom. The molecular weight excluding hydrogens is 1830 g/mol. The Kier molecular flexibility index (Phi) is 19.7. The first-order valence-electron chi connectivity index (χ1n) is 50.8. The number of aromatic nitrogens is 13. The Balaban J connectivity index is 0.000000103. The number of benzene rings is 23. The van der Waals surface area contributed by atoms with E-state index < -0.39 is 0 Å². The average molecular weight is 1910 g/mol. The van der Waals surface area contributed by atoms with Gasteiger partial charge in [-0.25, -0.2) is 24.9 Å². The fraction of sp³-hybridized carbons (Fsp3) is 0. The number of nitrogens with zero attached hydrogens (tertiary/aromatic N) is 13. The summed E-state index contributed by atoms with van der Waals surface area (Å²) < 4.78 is 13.9. The van der Waals surface area contributed by atoms with Crippen LogP contribution in [-0.4, -0.2) is 62.3 Å². The molecule has 0 aliphatic heterocycles. The summed E-state index contributed by atoms with van der Waals surface area (Å²) in [6.07, 6.45) is 0. The van der Waals surface area contributed by atoms with Gasteiger partial charge in [0.1, 0.15) is 5.69 Å². The van der Waals surface area contributed by atoms with E-state index in [9.17, 15) is 0 Å². The van der Waals surface area contributed by atoms with Gasteiger partial charge in [0.25, 0.3) is 0 Å². The molecule has 0 atom stereocenters. The lowest BCUT2D eigenvalue weighted by Crippen LogP contribution is -2.06. The van der Waals surface area contributed by atoms with E-state index in [1.165, 1.54) is 114 Å². The van der Waals surface area contributed by atoms with Crippen LogP contribution in [0, 0.1) is 0 Å². The molecule has 0 saturated carbocycles. The monoisotopic (exact) mass is 1910 g/mol. The topological polar surface area (TPSA) is 120 Å². The molecule has 32 rings (SSSR count). The van der Waals surface area contributed by atoms with Gasteiger partial charge in [0, 0.05) is 109 Å². The lowest BCUT2D eigenvalue weighted by molar-refractivity contribution is 0.953. The zero-order valence-electron chi connectivity index (χ0n) is 80.9. The predicted molar refractivity (Wildman–Crippen MR) is 622 cm³/mol. The van der Waals surface area contributed by atoms with Gasteiger partial charge in [0.15, 0.2) is 17.5 Å². The summed E-state index contributed by atoms with van der Waals surface area (Å²) in [5.41, 5.74) is 27.4. The SMILES string of the molecule is c1ccc(-c2cccc(-c3nc(-c4ccccc4)nc(-n4c5ccccc5c5cc6c7ccccc7n(-c7ccccc7)c6cc54)n3)c2)cc1.c1ccc(-n2c3ccccc3c3ccc(-c4nc5ccccc5nc4-n4c5ccc6ccccc6c5c5c6ccccc6ccc54)cc32)cc1.c1ccc2cc(-c3nc(-n4c5ccc(-n6c7ccccc7c7ccccc76)cc5c5cc6ccccc6cc54)nc4ccccc34)ccc2c1. The highest BCUT2D eigenvalue weighted by molar-refractivity contribution is 6.29. The van der Waals surface area contributed by atoms with Crippen LogP contribution in [-0.2, 0) is 0 Å². The van der Waals surface area contributed by atoms with Gasteiger partial charge in [0.2, 0.25) is 11.9 Å². The van der Waals surface area contributed by atoms with E-state index in [-0.39, 0.29) is 0 Å². The molecular formula is C137H85N13. The zero-order valence-corrected chi connectivity index (χ0v) is 80.9. The Bertz CT molecular complexity index is 11000. The molecule has 13 heteroatoms. The van der Waals surface area contributed by atoms with Gasteiger partial charge in [-0.05, 0) is 200 Å². The van der Waals surface area contributed by atoms with Crippen LogP contribution in [0.25, 0.3) is 287 Å². The number of rotatable bonds is 11. The highest BCUT2D eigenvalue weighted by Crippen LogP contribution is 2.48. The Morgan fingerprint density at radius 1 is 0.133 bits per heavy atom. The Labute approximate surface area is 859 Å². The molecule has 9 aromatic heterocycles. The second-order valence-corrected chi connectivity index (χ2v) is 38.6. The van der Waals surface area contributed by atoms with Gasteiger partial charge in [-0.2, -0.15) is 9.97 Å². The molecule has 13 nitrogen and oxygen atoms in total. The molecule has 0 aliphatic rings. The van der Waals surface area contributed by atoms with E-state index in [0.29, 0.717) is 23.5 Å². The first-order chi connectivity index (χ1) is 74.4. The molecule has 32 aromatic rings. The fourth-order valence-electron chi connectivity index (χ4n) is 23.3. The molecule has 150 heavy (non-hydrogen) atoms. The molecule has 0 spiro atoms. The fourth-order valence-corrected chi connectivity index (χ4v) is 23.3. The molecule has 0 fully saturated rings.